The molecule has 0 radical (unpaired) electrons. The smallest absolute Gasteiger partial charge is 0.0720 e. The zero-order chi connectivity index (χ0) is 26.2. The Balaban J connectivity index is 1.28. The largest absolute Gasteiger partial charge is 0.374 e. The van der Waals surface area contributed by atoms with Gasteiger partial charge in [-0.05, 0) is 91.0 Å². The lowest BCUT2D eigenvalue weighted by Gasteiger charge is -2.33. The Morgan fingerprint density at radius 1 is 0.789 bits per heavy atom. The van der Waals surface area contributed by atoms with E-state index < -0.39 is 0 Å². The minimum Gasteiger partial charge on any atom is -0.374 e. The Morgan fingerprint density at radius 2 is 1.53 bits per heavy atom. The Bertz CT molecular complexity index is 1110. The van der Waals surface area contributed by atoms with Crippen molar-refractivity contribution in [1.29, 1.82) is 0 Å². The third-order valence-electron chi connectivity index (χ3n) is 9.18. The molecule has 2 heteroatoms. The van der Waals surface area contributed by atoms with E-state index >= 15 is 0 Å². The van der Waals surface area contributed by atoms with Gasteiger partial charge < -0.3 is 9.47 Å². The molecule has 0 aliphatic heterocycles. The molecule has 0 aromatic heterocycles. The highest BCUT2D eigenvalue weighted by atomic mass is 16.5. The van der Waals surface area contributed by atoms with Gasteiger partial charge >= 0.3 is 0 Å². The maximum absolute atomic E-state index is 6.74. The maximum Gasteiger partial charge on any atom is 0.0720 e. The van der Waals surface area contributed by atoms with Crippen LogP contribution in [0.3, 0.4) is 0 Å². The fraction of sp³-hybridized carbons (Fsp3) is 0.500. The summed E-state index contributed by atoms with van der Waals surface area (Å²) in [5.41, 5.74) is 7.22. The number of fused-ring (bicyclic) bond motifs is 2. The SMILES string of the molecule is CCCCCC(CCC1C(OCc2ccccc2)CC2Cc3c(C)cccc3CC21)OCc1ccccc1. The van der Waals surface area contributed by atoms with Crippen molar-refractivity contribution in [3.05, 3.63) is 107 Å². The summed E-state index contributed by atoms with van der Waals surface area (Å²) in [5.74, 6) is 2.06. The fourth-order valence-electron chi connectivity index (χ4n) is 7.06. The number of rotatable bonds is 13. The first-order valence-corrected chi connectivity index (χ1v) is 15.1. The molecule has 0 amide bonds. The van der Waals surface area contributed by atoms with E-state index in [1.54, 1.807) is 11.1 Å². The molecule has 1 saturated carbocycles. The molecule has 38 heavy (non-hydrogen) atoms. The number of unbranched alkanes of at least 4 members (excludes halogenated alkanes) is 2. The molecule has 0 N–H and O–H groups in total. The molecule has 3 aromatic carbocycles. The van der Waals surface area contributed by atoms with Crippen LogP contribution in [0, 0.1) is 24.7 Å². The summed E-state index contributed by atoms with van der Waals surface area (Å²) in [6.45, 7) is 6.02. The first kappa shape index (κ1) is 27.2. The van der Waals surface area contributed by atoms with E-state index in [1.807, 2.05) is 0 Å². The maximum atomic E-state index is 6.74. The quantitative estimate of drug-likeness (QED) is 0.214. The highest BCUT2D eigenvalue weighted by molar-refractivity contribution is 5.37. The Morgan fingerprint density at radius 3 is 2.26 bits per heavy atom. The first-order valence-electron chi connectivity index (χ1n) is 15.1. The van der Waals surface area contributed by atoms with E-state index in [9.17, 15) is 0 Å². The van der Waals surface area contributed by atoms with Gasteiger partial charge in [0.2, 0.25) is 0 Å². The molecule has 1 fully saturated rings. The molecule has 2 aliphatic carbocycles. The van der Waals surface area contributed by atoms with Gasteiger partial charge in [-0.1, -0.05) is 105 Å². The van der Waals surface area contributed by atoms with Gasteiger partial charge in [0.05, 0.1) is 25.4 Å². The minimum atomic E-state index is 0.328. The Hall–Kier alpha value is -2.42. The van der Waals surface area contributed by atoms with Crippen molar-refractivity contribution < 1.29 is 9.47 Å². The summed E-state index contributed by atoms with van der Waals surface area (Å²) in [6, 6.07) is 28.3. The average Bonchev–Trinajstić information content (AvgIpc) is 3.29. The minimum absolute atomic E-state index is 0.328. The zero-order valence-corrected chi connectivity index (χ0v) is 23.5. The van der Waals surface area contributed by atoms with E-state index in [-0.39, 0.29) is 0 Å². The van der Waals surface area contributed by atoms with Crippen molar-refractivity contribution >= 4 is 0 Å². The van der Waals surface area contributed by atoms with Crippen LogP contribution >= 0.6 is 0 Å². The van der Waals surface area contributed by atoms with E-state index in [1.165, 1.54) is 68.1 Å². The molecule has 5 rings (SSSR count). The summed E-state index contributed by atoms with van der Waals surface area (Å²) >= 11 is 0. The highest BCUT2D eigenvalue weighted by Crippen LogP contribution is 2.48. The number of hydrogen-bond donors (Lipinski definition) is 0. The van der Waals surface area contributed by atoms with Crippen LogP contribution in [0.5, 0.6) is 0 Å². The van der Waals surface area contributed by atoms with Crippen molar-refractivity contribution in [3.8, 4) is 0 Å². The average molecular weight is 511 g/mol. The van der Waals surface area contributed by atoms with Crippen LogP contribution in [0.1, 0.15) is 79.7 Å². The van der Waals surface area contributed by atoms with Crippen LogP contribution in [-0.4, -0.2) is 12.2 Å². The second-order valence-electron chi connectivity index (χ2n) is 11.8. The van der Waals surface area contributed by atoms with Gasteiger partial charge in [-0.2, -0.15) is 0 Å². The lowest BCUT2D eigenvalue weighted by Crippen LogP contribution is -2.29. The summed E-state index contributed by atoms with van der Waals surface area (Å²) in [6.07, 6.45) is 11.6. The van der Waals surface area contributed by atoms with Crippen molar-refractivity contribution in [1.82, 2.24) is 0 Å². The number of benzene rings is 3. The molecule has 0 spiro atoms. The number of ether oxygens (including phenoxy) is 2. The van der Waals surface area contributed by atoms with Crippen LogP contribution in [0.15, 0.2) is 78.9 Å². The van der Waals surface area contributed by atoms with Crippen molar-refractivity contribution in [2.45, 2.75) is 97.1 Å². The monoisotopic (exact) mass is 510 g/mol. The number of hydrogen-bond acceptors (Lipinski definition) is 2. The molecular formula is C36H46O2. The molecule has 0 saturated heterocycles. The van der Waals surface area contributed by atoms with Crippen LogP contribution in [-0.2, 0) is 35.5 Å². The molecule has 3 aromatic rings. The van der Waals surface area contributed by atoms with Gasteiger partial charge in [-0.3, -0.25) is 0 Å². The third kappa shape index (κ3) is 6.96. The summed E-state index contributed by atoms with van der Waals surface area (Å²) in [4.78, 5) is 0. The predicted octanol–water partition coefficient (Wildman–Crippen LogP) is 8.88. The fourth-order valence-corrected chi connectivity index (χ4v) is 7.06. The van der Waals surface area contributed by atoms with Gasteiger partial charge in [0, 0.05) is 0 Å². The van der Waals surface area contributed by atoms with Gasteiger partial charge in [-0.25, -0.2) is 0 Å². The Kier molecular flexibility index (Phi) is 9.71. The molecular weight excluding hydrogens is 464 g/mol. The van der Waals surface area contributed by atoms with Crippen LogP contribution in [0.25, 0.3) is 0 Å². The summed E-state index contributed by atoms with van der Waals surface area (Å²) < 4.78 is 13.3. The molecule has 202 valence electrons. The summed E-state index contributed by atoms with van der Waals surface area (Å²) in [7, 11) is 0. The summed E-state index contributed by atoms with van der Waals surface area (Å²) in [5, 5.41) is 0. The molecule has 0 bridgehead atoms. The topological polar surface area (TPSA) is 18.5 Å². The van der Waals surface area contributed by atoms with Gasteiger partial charge in [-0.15, -0.1) is 0 Å². The van der Waals surface area contributed by atoms with Crippen molar-refractivity contribution in [2.75, 3.05) is 0 Å². The Labute approximate surface area is 230 Å². The number of aryl methyl sites for hydroxylation is 1. The van der Waals surface area contributed by atoms with Gasteiger partial charge in [0.1, 0.15) is 0 Å². The first-order chi connectivity index (χ1) is 18.7. The van der Waals surface area contributed by atoms with Crippen LogP contribution < -0.4 is 0 Å². The van der Waals surface area contributed by atoms with Gasteiger partial charge in [0.25, 0.3) is 0 Å². The van der Waals surface area contributed by atoms with Crippen LogP contribution in [0.2, 0.25) is 0 Å². The lowest BCUT2D eigenvalue weighted by atomic mass is 9.73. The molecule has 2 nitrogen and oxygen atoms in total. The standard InChI is InChI=1S/C36H46O2/c1-3-4-7-19-32(37-25-28-14-8-5-9-15-28)20-21-33-35-22-30-18-12-13-27(2)34(30)23-31(35)24-36(33)38-26-29-16-10-6-11-17-29/h5-6,8-18,31-33,35-36H,3-4,7,19-26H2,1-2H3. The van der Waals surface area contributed by atoms with E-state index in [2.05, 4.69) is 92.7 Å². The highest BCUT2D eigenvalue weighted by Gasteiger charge is 2.45. The van der Waals surface area contributed by atoms with E-state index in [4.69, 9.17) is 9.47 Å². The molecule has 0 heterocycles. The van der Waals surface area contributed by atoms with Crippen LogP contribution in [0.4, 0.5) is 0 Å². The second kappa shape index (κ2) is 13.6. The van der Waals surface area contributed by atoms with E-state index in [0.717, 1.165) is 31.5 Å². The zero-order valence-electron chi connectivity index (χ0n) is 23.5. The second-order valence-corrected chi connectivity index (χ2v) is 11.8. The molecule has 2 aliphatic rings. The predicted molar refractivity (Wildman–Crippen MR) is 157 cm³/mol. The van der Waals surface area contributed by atoms with Crippen molar-refractivity contribution in [3.63, 3.8) is 0 Å². The van der Waals surface area contributed by atoms with E-state index in [0.29, 0.717) is 18.1 Å². The van der Waals surface area contributed by atoms with Crippen molar-refractivity contribution in [2.24, 2.45) is 17.8 Å². The normalized spacial score (nSPS) is 23.1. The third-order valence-corrected chi connectivity index (χ3v) is 9.18. The molecule has 5 atom stereocenters. The lowest BCUT2D eigenvalue weighted by molar-refractivity contribution is -0.00998. The van der Waals surface area contributed by atoms with Gasteiger partial charge in [0.15, 0.2) is 0 Å². The molecule has 5 unspecified atom stereocenters.